The Morgan fingerprint density at radius 1 is 1.05 bits per heavy atom. The zero-order chi connectivity index (χ0) is 26.5. The summed E-state index contributed by atoms with van der Waals surface area (Å²) in [5.41, 5.74) is 1.15. The van der Waals surface area contributed by atoms with Crippen LogP contribution in [0.1, 0.15) is 42.1 Å². The summed E-state index contributed by atoms with van der Waals surface area (Å²) in [7, 11) is 0. The van der Waals surface area contributed by atoms with E-state index in [9.17, 15) is 4.79 Å². The van der Waals surface area contributed by atoms with Crippen LogP contribution in [0, 0.1) is 0 Å². The van der Waals surface area contributed by atoms with Gasteiger partial charge in [0.25, 0.3) is 5.91 Å². The molecule has 0 unspecified atom stereocenters. The van der Waals surface area contributed by atoms with Gasteiger partial charge in [-0.25, -0.2) is 4.99 Å². The van der Waals surface area contributed by atoms with Gasteiger partial charge < -0.3 is 19.5 Å². The third kappa shape index (κ3) is 5.53. The van der Waals surface area contributed by atoms with Crippen molar-refractivity contribution in [2.24, 2.45) is 4.99 Å². The third-order valence-corrected chi connectivity index (χ3v) is 7.52. The van der Waals surface area contributed by atoms with Crippen molar-refractivity contribution in [2.45, 2.75) is 37.3 Å². The van der Waals surface area contributed by atoms with E-state index in [0.717, 1.165) is 24.0 Å². The smallest absolute Gasteiger partial charge is 0.255 e. The number of carbonyl (C=O) groups is 1. The highest BCUT2D eigenvalue weighted by Gasteiger charge is 2.55. The molecule has 1 amide bonds. The topological polar surface area (TPSA) is 71.4 Å². The number of aliphatic hydroxyl groups excluding tert-OH is 1. The van der Waals surface area contributed by atoms with Gasteiger partial charge in [-0.2, -0.15) is 0 Å². The molecule has 6 nitrogen and oxygen atoms in total. The van der Waals surface area contributed by atoms with Gasteiger partial charge in [0.15, 0.2) is 11.6 Å². The summed E-state index contributed by atoms with van der Waals surface area (Å²) in [6.45, 7) is 1.89. The van der Waals surface area contributed by atoms with Crippen molar-refractivity contribution in [3.8, 4) is 5.75 Å². The van der Waals surface area contributed by atoms with Crippen molar-refractivity contribution in [1.29, 1.82) is 0 Å². The molecule has 0 radical (unpaired) electrons. The Morgan fingerprint density at radius 2 is 1.79 bits per heavy atom. The van der Waals surface area contributed by atoms with Crippen molar-refractivity contribution in [3.05, 3.63) is 99.5 Å². The molecule has 38 heavy (non-hydrogen) atoms. The summed E-state index contributed by atoms with van der Waals surface area (Å²) < 4.78 is 12.2. The molecule has 1 saturated heterocycles. The maximum absolute atomic E-state index is 14.3. The predicted molar refractivity (Wildman–Crippen MR) is 149 cm³/mol. The van der Waals surface area contributed by atoms with E-state index in [4.69, 9.17) is 42.8 Å². The quantitative estimate of drug-likeness (QED) is 0.336. The number of ether oxygens (including phenoxy) is 2. The minimum atomic E-state index is -1.24. The van der Waals surface area contributed by atoms with Gasteiger partial charge in [0.1, 0.15) is 5.75 Å². The lowest BCUT2D eigenvalue weighted by molar-refractivity contribution is -0.138. The van der Waals surface area contributed by atoms with Gasteiger partial charge in [-0.05, 0) is 54.8 Å². The third-order valence-electron chi connectivity index (χ3n) is 6.96. The number of halogens is 2. The highest BCUT2D eigenvalue weighted by atomic mass is 35.5. The van der Waals surface area contributed by atoms with Crippen LogP contribution in [0.4, 0.5) is 0 Å². The lowest BCUT2D eigenvalue weighted by Crippen LogP contribution is -2.51. The number of amides is 1. The zero-order valence-corrected chi connectivity index (χ0v) is 22.5. The van der Waals surface area contributed by atoms with Crippen LogP contribution < -0.4 is 4.74 Å². The molecule has 0 spiro atoms. The van der Waals surface area contributed by atoms with E-state index < -0.39 is 11.6 Å². The number of nitrogens with zero attached hydrogens (tertiary/aromatic N) is 2. The first-order valence-corrected chi connectivity index (χ1v) is 13.6. The van der Waals surface area contributed by atoms with Gasteiger partial charge >= 0.3 is 0 Å². The van der Waals surface area contributed by atoms with Gasteiger partial charge in [0, 0.05) is 53.7 Å². The monoisotopic (exact) mass is 552 g/mol. The van der Waals surface area contributed by atoms with Crippen LogP contribution in [0.25, 0.3) is 0 Å². The molecule has 3 aromatic rings. The molecular weight excluding hydrogens is 523 g/mol. The zero-order valence-electron chi connectivity index (χ0n) is 21.0. The largest absolute Gasteiger partial charge is 0.494 e. The number of benzene rings is 3. The highest BCUT2D eigenvalue weighted by molar-refractivity contribution is 6.35. The van der Waals surface area contributed by atoms with Crippen LogP contribution in [0.5, 0.6) is 5.75 Å². The summed E-state index contributed by atoms with van der Waals surface area (Å²) in [6.07, 6.45) is 2.11. The second-order valence-electron chi connectivity index (χ2n) is 9.62. The lowest BCUT2D eigenvalue weighted by Gasteiger charge is -2.34. The molecule has 0 aromatic heterocycles. The van der Waals surface area contributed by atoms with E-state index in [1.54, 1.807) is 12.1 Å². The van der Waals surface area contributed by atoms with E-state index in [0.29, 0.717) is 59.8 Å². The standard InChI is InChI=1S/C30H30Cl2N2O4/c31-23-11-14-25(26(32)19-23)27-30(20-21-7-2-1-3-8-21,29(36)34-15-4-5-16-34)33-28(38-27)22-9-12-24(13-10-22)37-18-6-17-35/h1-3,7-14,19,27,35H,4-6,15-18,20H2/t27-,30-/m1/s1. The van der Waals surface area contributed by atoms with Crippen molar-refractivity contribution in [2.75, 3.05) is 26.3 Å². The number of carbonyl (C=O) groups excluding carboxylic acids is 1. The predicted octanol–water partition coefficient (Wildman–Crippen LogP) is 5.88. The normalized spacial score (nSPS) is 20.8. The molecule has 198 valence electrons. The molecule has 5 rings (SSSR count). The second kappa shape index (κ2) is 11.8. The Bertz CT molecular complexity index is 1290. The fourth-order valence-electron chi connectivity index (χ4n) is 5.06. The molecule has 0 bridgehead atoms. The highest BCUT2D eigenvalue weighted by Crippen LogP contribution is 2.46. The molecule has 0 saturated carbocycles. The molecule has 2 aliphatic heterocycles. The van der Waals surface area contributed by atoms with Gasteiger partial charge in [0.2, 0.25) is 5.90 Å². The minimum Gasteiger partial charge on any atom is -0.494 e. The molecule has 1 fully saturated rings. The van der Waals surface area contributed by atoms with Crippen molar-refractivity contribution < 1.29 is 19.4 Å². The van der Waals surface area contributed by atoms with E-state index >= 15 is 0 Å². The van der Waals surface area contributed by atoms with Crippen molar-refractivity contribution in [1.82, 2.24) is 4.90 Å². The van der Waals surface area contributed by atoms with Crippen LogP contribution >= 0.6 is 23.2 Å². The average Bonchev–Trinajstić information content (AvgIpc) is 3.59. The Balaban J connectivity index is 1.59. The molecular formula is C30H30Cl2N2O4. The van der Waals surface area contributed by atoms with E-state index in [1.807, 2.05) is 65.6 Å². The molecule has 2 aliphatic rings. The fraction of sp³-hybridized carbons (Fsp3) is 0.333. The first-order chi connectivity index (χ1) is 18.5. The maximum atomic E-state index is 14.3. The summed E-state index contributed by atoms with van der Waals surface area (Å²) in [4.78, 5) is 21.3. The van der Waals surface area contributed by atoms with Gasteiger partial charge in [-0.15, -0.1) is 0 Å². The van der Waals surface area contributed by atoms with Crippen LogP contribution in [-0.4, -0.2) is 53.7 Å². The Morgan fingerprint density at radius 3 is 2.47 bits per heavy atom. The van der Waals surface area contributed by atoms with E-state index in [2.05, 4.69) is 0 Å². The van der Waals surface area contributed by atoms with Crippen molar-refractivity contribution in [3.63, 3.8) is 0 Å². The number of rotatable bonds is 9. The number of likely N-dealkylation sites (tertiary alicyclic amines) is 1. The molecule has 2 heterocycles. The number of aliphatic hydroxyl groups is 1. The van der Waals surface area contributed by atoms with Crippen LogP contribution in [-0.2, 0) is 16.0 Å². The Hall–Kier alpha value is -3.06. The van der Waals surface area contributed by atoms with E-state index in [1.165, 1.54) is 0 Å². The van der Waals surface area contributed by atoms with E-state index in [-0.39, 0.29) is 12.5 Å². The summed E-state index contributed by atoms with van der Waals surface area (Å²) >= 11 is 12.9. The molecule has 1 N–H and O–H groups in total. The van der Waals surface area contributed by atoms with Gasteiger partial charge in [-0.1, -0.05) is 59.6 Å². The molecule has 0 aliphatic carbocycles. The van der Waals surface area contributed by atoms with Crippen LogP contribution in [0.2, 0.25) is 10.0 Å². The van der Waals surface area contributed by atoms with Gasteiger partial charge in [0.05, 0.1) is 6.61 Å². The SMILES string of the molecule is O=C(N1CCCC1)[C@]1(Cc2ccccc2)N=C(c2ccc(OCCCO)cc2)O[C@@H]1c1ccc(Cl)cc1Cl. The van der Waals surface area contributed by atoms with Crippen LogP contribution in [0.15, 0.2) is 77.8 Å². The Labute approximate surface area is 232 Å². The van der Waals surface area contributed by atoms with Crippen molar-refractivity contribution >= 4 is 35.0 Å². The number of aliphatic imine (C=N–C) groups is 1. The minimum absolute atomic E-state index is 0.0613. The maximum Gasteiger partial charge on any atom is 0.255 e. The summed E-state index contributed by atoms with van der Waals surface area (Å²) in [6, 6.07) is 22.6. The first-order valence-electron chi connectivity index (χ1n) is 12.9. The van der Waals surface area contributed by atoms with Crippen LogP contribution in [0.3, 0.4) is 0 Å². The molecule has 3 aromatic carbocycles. The molecule has 8 heteroatoms. The lowest BCUT2D eigenvalue weighted by atomic mass is 9.81. The van der Waals surface area contributed by atoms with Gasteiger partial charge in [-0.3, -0.25) is 4.79 Å². The number of hydrogen-bond acceptors (Lipinski definition) is 5. The second-order valence-corrected chi connectivity index (χ2v) is 10.5. The average molecular weight is 553 g/mol. The summed E-state index contributed by atoms with van der Waals surface area (Å²) in [5.74, 6) is 1.00. The molecule has 2 atom stereocenters. The summed E-state index contributed by atoms with van der Waals surface area (Å²) in [5, 5.41) is 9.94. The Kier molecular flexibility index (Phi) is 8.22. The number of hydrogen-bond donors (Lipinski definition) is 1. The fourth-order valence-corrected chi connectivity index (χ4v) is 5.57. The first kappa shape index (κ1) is 26.5.